The Kier molecular flexibility index (Phi) is 6.81. The van der Waals surface area contributed by atoms with Crippen molar-refractivity contribution in [2.75, 3.05) is 18.4 Å². The van der Waals surface area contributed by atoms with Crippen molar-refractivity contribution in [3.63, 3.8) is 0 Å². The summed E-state index contributed by atoms with van der Waals surface area (Å²) in [6.07, 6.45) is 3.05. The van der Waals surface area contributed by atoms with Gasteiger partial charge in [-0.25, -0.2) is 12.8 Å². The Morgan fingerprint density at radius 2 is 1.64 bits per heavy atom. The number of hydrogen-bond acceptors (Lipinski definition) is 4. The van der Waals surface area contributed by atoms with Crippen molar-refractivity contribution < 1.29 is 22.4 Å². The normalized spacial score (nSPS) is 20.1. The van der Waals surface area contributed by atoms with Crippen LogP contribution in [0.25, 0.3) is 0 Å². The second kappa shape index (κ2) is 9.61. The molecule has 2 aromatic rings. The molecule has 2 amide bonds. The molecule has 2 aliphatic rings. The van der Waals surface area contributed by atoms with Crippen LogP contribution < -0.4 is 10.6 Å². The number of piperidine rings is 1. The molecule has 2 atom stereocenters. The number of hydrogen-bond donors (Lipinski definition) is 2. The third-order valence-electron chi connectivity index (χ3n) is 6.19. The van der Waals surface area contributed by atoms with Crippen LogP contribution in [0.5, 0.6) is 0 Å². The predicted molar refractivity (Wildman–Crippen MR) is 122 cm³/mol. The van der Waals surface area contributed by atoms with Gasteiger partial charge in [-0.15, -0.1) is 0 Å². The van der Waals surface area contributed by atoms with Crippen LogP contribution in [-0.4, -0.2) is 37.6 Å². The number of anilines is 1. The second-order valence-electron chi connectivity index (χ2n) is 8.77. The SMILES string of the molecule is CC(NC(=O)C1CCCN(S(=O)(=O)c2ccc(F)cc2)C1)c1ccc(NC(=O)C2CC2)cc1. The minimum Gasteiger partial charge on any atom is -0.349 e. The van der Waals surface area contributed by atoms with Gasteiger partial charge in [0.1, 0.15) is 5.82 Å². The minimum atomic E-state index is -3.79. The molecule has 1 heterocycles. The van der Waals surface area contributed by atoms with E-state index in [9.17, 15) is 22.4 Å². The first-order valence-corrected chi connectivity index (χ1v) is 12.6. The van der Waals surface area contributed by atoms with Crippen LogP contribution in [0.2, 0.25) is 0 Å². The van der Waals surface area contributed by atoms with Crippen LogP contribution in [0, 0.1) is 17.7 Å². The lowest BCUT2D eigenvalue weighted by Gasteiger charge is -2.32. The fourth-order valence-corrected chi connectivity index (χ4v) is 5.51. The standard InChI is InChI=1S/C24H28FN3O4S/c1-16(17-6-10-21(11-7-17)27-23(29)18-4-5-18)26-24(30)19-3-2-14-28(15-19)33(31,32)22-12-8-20(25)9-13-22/h6-13,16,18-19H,2-5,14-15H2,1H3,(H,26,30)(H,27,29). The van der Waals surface area contributed by atoms with E-state index in [4.69, 9.17) is 0 Å². The summed E-state index contributed by atoms with van der Waals surface area (Å²) in [6.45, 7) is 2.28. The molecule has 0 aromatic heterocycles. The van der Waals surface area contributed by atoms with E-state index < -0.39 is 21.8 Å². The highest BCUT2D eigenvalue weighted by molar-refractivity contribution is 7.89. The minimum absolute atomic E-state index is 0.0205. The maximum atomic E-state index is 13.2. The molecule has 1 saturated carbocycles. The molecule has 0 radical (unpaired) electrons. The summed E-state index contributed by atoms with van der Waals surface area (Å²) >= 11 is 0. The third kappa shape index (κ3) is 5.59. The van der Waals surface area contributed by atoms with Gasteiger partial charge in [0.25, 0.3) is 0 Å². The highest BCUT2D eigenvalue weighted by Gasteiger charge is 2.34. The van der Waals surface area contributed by atoms with Crippen LogP contribution in [-0.2, 0) is 19.6 Å². The smallest absolute Gasteiger partial charge is 0.243 e. The Bertz CT molecular complexity index is 1120. The maximum Gasteiger partial charge on any atom is 0.243 e. The summed E-state index contributed by atoms with van der Waals surface area (Å²) in [5, 5.41) is 5.86. The second-order valence-corrected chi connectivity index (χ2v) is 10.7. The maximum absolute atomic E-state index is 13.2. The van der Waals surface area contributed by atoms with Gasteiger partial charge >= 0.3 is 0 Å². The number of nitrogens with zero attached hydrogens (tertiary/aromatic N) is 1. The van der Waals surface area contributed by atoms with Crippen molar-refractivity contribution in [1.82, 2.24) is 9.62 Å². The molecule has 0 bridgehead atoms. The van der Waals surface area contributed by atoms with Crippen molar-refractivity contribution in [2.24, 2.45) is 11.8 Å². The molecule has 1 aliphatic heterocycles. The number of benzene rings is 2. The van der Waals surface area contributed by atoms with E-state index in [0.717, 1.165) is 36.2 Å². The average Bonchev–Trinajstić information content (AvgIpc) is 3.65. The number of sulfonamides is 1. The van der Waals surface area contributed by atoms with Gasteiger partial charge in [-0.05, 0) is 74.6 Å². The molecule has 2 fully saturated rings. The molecule has 2 aromatic carbocycles. The molecule has 2 unspecified atom stereocenters. The number of carbonyl (C=O) groups is 2. The van der Waals surface area contributed by atoms with Crippen molar-refractivity contribution in [1.29, 1.82) is 0 Å². The van der Waals surface area contributed by atoms with Crippen LogP contribution in [0.3, 0.4) is 0 Å². The van der Waals surface area contributed by atoms with E-state index in [0.29, 0.717) is 19.4 Å². The highest BCUT2D eigenvalue weighted by atomic mass is 32.2. The van der Waals surface area contributed by atoms with E-state index in [1.807, 2.05) is 31.2 Å². The van der Waals surface area contributed by atoms with E-state index in [2.05, 4.69) is 10.6 Å². The number of carbonyl (C=O) groups excluding carboxylic acids is 2. The first kappa shape index (κ1) is 23.4. The van der Waals surface area contributed by atoms with E-state index >= 15 is 0 Å². The zero-order valence-corrected chi connectivity index (χ0v) is 19.3. The number of nitrogens with one attached hydrogen (secondary N) is 2. The van der Waals surface area contributed by atoms with Crippen molar-refractivity contribution >= 4 is 27.5 Å². The Labute approximate surface area is 193 Å². The molecule has 4 rings (SSSR count). The van der Waals surface area contributed by atoms with Crippen molar-refractivity contribution in [2.45, 2.75) is 43.5 Å². The van der Waals surface area contributed by atoms with Gasteiger partial charge in [-0.1, -0.05) is 12.1 Å². The lowest BCUT2D eigenvalue weighted by molar-refractivity contribution is -0.126. The molecular formula is C24H28FN3O4S. The molecule has 1 aliphatic carbocycles. The molecule has 176 valence electrons. The summed E-state index contributed by atoms with van der Waals surface area (Å²) in [6, 6.07) is 11.8. The van der Waals surface area contributed by atoms with Gasteiger partial charge in [-0.3, -0.25) is 9.59 Å². The van der Waals surface area contributed by atoms with E-state index in [1.165, 1.54) is 16.4 Å². The zero-order valence-electron chi connectivity index (χ0n) is 18.5. The Balaban J connectivity index is 1.35. The summed E-state index contributed by atoms with van der Waals surface area (Å²) < 4.78 is 40.3. The molecule has 7 nitrogen and oxygen atoms in total. The van der Waals surface area contributed by atoms with Gasteiger partial charge in [0.15, 0.2) is 0 Å². The first-order chi connectivity index (χ1) is 15.7. The topological polar surface area (TPSA) is 95.6 Å². The molecule has 1 saturated heterocycles. The third-order valence-corrected chi connectivity index (χ3v) is 8.07. The number of rotatable bonds is 7. The molecule has 2 N–H and O–H groups in total. The van der Waals surface area contributed by atoms with Gasteiger partial charge in [0, 0.05) is 24.7 Å². The van der Waals surface area contributed by atoms with E-state index in [-0.39, 0.29) is 35.2 Å². The average molecular weight is 474 g/mol. The zero-order chi connectivity index (χ0) is 23.6. The van der Waals surface area contributed by atoms with Crippen LogP contribution in [0.4, 0.5) is 10.1 Å². The number of amides is 2. The quantitative estimate of drug-likeness (QED) is 0.644. The van der Waals surface area contributed by atoms with Gasteiger partial charge < -0.3 is 10.6 Å². The summed E-state index contributed by atoms with van der Waals surface area (Å²) in [4.78, 5) is 24.8. The monoisotopic (exact) mass is 473 g/mol. The van der Waals surface area contributed by atoms with E-state index in [1.54, 1.807) is 0 Å². The first-order valence-electron chi connectivity index (χ1n) is 11.2. The molecule has 9 heteroatoms. The summed E-state index contributed by atoms with van der Waals surface area (Å²) in [5.74, 6) is -0.996. The Morgan fingerprint density at radius 3 is 2.27 bits per heavy atom. The van der Waals surface area contributed by atoms with Crippen molar-refractivity contribution in [3.8, 4) is 0 Å². The lowest BCUT2D eigenvalue weighted by Crippen LogP contribution is -2.45. The van der Waals surface area contributed by atoms with Gasteiger partial charge in [-0.2, -0.15) is 4.31 Å². The molecule has 0 spiro atoms. The summed E-state index contributed by atoms with van der Waals surface area (Å²) in [7, 11) is -3.79. The van der Waals surface area contributed by atoms with Crippen molar-refractivity contribution in [3.05, 3.63) is 59.9 Å². The van der Waals surface area contributed by atoms with Crippen LogP contribution >= 0.6 is 0 Å². The fourth-order valence-electron chi connectivity index (χ4n) is 3.99. The molecular weight excluding hydrogens is 445 g/mol. The lowest BCUT2D eigenvalue weighted by atomic mass is 9.98. The van der Waals surface area contributed by atoms with Crippen LogP contribution in [0.15, 0.2) is 53.4 Å². The Morgan fingerprint density at radius 1 is 0.970 bits per heavy atom. The molecule has 33 heavy (non-hydrogen) atoms. The van der Waals surface area contributed by atoms with Gasteiger partial charge in [0.2, 0.25) is 21.8 Å². The van der Waals surface area contributed by atoms with Crippen LogP contribution in [0.1, 0.15) is 44.2 Å². The summed E-state index contributed by atoms with van der Waals surface area (Å²) in [5.41, 5.74) is 1.61. The fraction of sp³-hybridized carbons (Fsp3) is 0.417. The highest BCUT2D eigenvalue weighted by Crippen LogP contribution is 2.30. The Hall–Kier alpha value is -2.78. The number of halogens is 1. The predicted octanol–water partition coefficient (Wildman–Crippen LogP) is 3.45. The largest absolute Gasteiger partial charge is 0.349 e. The van der Waals surface area contributed by atoms with Gasteiger partial charge in [0.05, 0.1) is 16.9 Å².